The lowest BCUT2D eigenvalue weighted by Gasteiger charge is -2.37. The van der Waals surface area contributed by atoms with Crippen molar-refractivity contribution in [2.75, 3.05) is 31.7 Å². The Morgan fingerprint density at radius 2 is 2.03 bits per heavy atom. The minimum absolute atomic E-state index is 0.0647. The number of nitrogens with one attached hydrogen (secondary N) is 2. The van der Waals surface area contributed by atoms with Crippen LogP contribution in [0.15, 0.2) is 0 Å². The number of piperidine rings is 1. The molecule has 1 amide bonds. The van der Waals surface area contributed by atoms with Gasteiger partial charge in [-0.3, -0.25) is 4.79 Å². The fourth-order valence-electron chi connectivity index (χ4n) is 3.64. The highest BCUT2D eigenvalue weighted by molar-refractivity contribution is 7.17. The number of hydrogen-bond donors (Lipinski definition) is 2. The van der Waals surface area contributed by atoms with E-state index in [9.17, 15) is 22.8 Å². The number of H-pyrrole nitrogens is 1. The Labute approximate surface area is 192 Å². The van der Waals surface area contributed by atoms with E-state index in [-0.39, 0.29) is 24.5 Å². The van der Waals surface area contributed by atoms with Crippen LogP contribution in [0.4, 0.5) is 18.3 Å². The summed E-state index contributed by atoms with van der Waals surface area (Å²) in [5.74, 6) is -1.53. The zero-order valence-corrected chi connectivity index (χ0v) is 19.5. The molecule has 3 heterocycles. The molecule has 3 rings (SSSR count). The van der Waals surface area contributed by atoms with E-state index in [2.05, 4.69) is 20.3 Å². The maximum atomic E-state index is 13.1. The van der Waals surface area contributed by atoms with Crippen LogP contribution in [0.3, 0.4) is 0 Å². The maximum absolute atomic E-state index is 13.1. The lowest BCUT2D eigenvalue weighted by atomic mass is 10.0. The van der Waals surface area contributed by atoms with Crippen LogP contribution in [0.5, 0.6) is 0 Å². The molecule has 1 aliphatic heterocycles. The van der Waals surface area contributed by atoms with Crippen LogP contribution in [0.1, 0.15) is 57.6 Å². The van der Waals surface area contributed by atoms with Gasteiger partial charge in [-0.2, -0.15) is 13.2 Å². The first-order valence-corrected chi connectivity index (χ1v) is 11.3. The zero-order valence-electron chi connectivity index (χ0n) is 18.7. The van der Waals surface area contributed by atoms with Crippen LogP contribution in [0, 0.1) is 6.92 Å². The second kappa shape index (κ2) is 10.1. The third kappa shape index (κ3) is 5.46. The van der Waals surface area contributed by atoms with Crippen molar-refractivity contribution in [2.45, 2.75) is 51.9 Å². The Balaban J connectivity index is 1.70. The molecule has 9 nitrogen and oxygen atoms in total. The first-order valence-electron chi connectivity index (χ1n) is 10.5. The summed E-state index contributed by atoms with van der Waals surface area (Å²) in [7, 11) is 1.49. The van der Waals surface area contributed by atoms with Crippen molar-refractivity contribution in [3.63, 3.8) is 0 Å². The van der Waals surface area contributed by atoms with Crippen molar-refractivity contribution >= 4 is 28.3 Å². The van der Waals surface area contributed by atoms with Gasteiger partial charge in [0, 0.05) is 25.9 Å². The molecule has 2 atom stereocenters. The molecule has 2 aromatic rings. The molecule has 13 heteroatoms. The van der Waals surface area contributed by atoms with Crippen molar-refractivity contribution < 1.29 is 32.2 Å². The highest BCUT2D eigenvalue weighted by atomic mass is 32.1. The van der Waals surface area contributed by atoms with Crippen LogP contribution in [0.2, 0.25) is 0 Å². The van der Waals surface area contributed by atoms with Crippen LogP contribution >= 0.6 is 11.3 Å². The van der Waals surface area contributed by atoms with E-state index < -0.39 is 35.9 Å². The number of aryl methyl sites for hydroxylation is 2. The Hall–Kier alpha value is -2.67. The van der Waals surface area contributed by atoms with Crippen molar-refractivity contribution in [1.82, 2.24) is 20.3 Å². The van der Waals surface area contributed by atoms with E-state index in [1.54, 1.807) is 20.8 Å². The molecule has 1 fully saturated rings. The van der Waals surface area contributed by atoms with Gasteiger partial charge in [0.2, 0.25) is 0 Å². The van der Waals surface area contributed by atoms with Gasteiger partial charge in [0.05, 0.1) is 24.4 Å². The first kappa shape index (κ1) is 25.0. The number of aromatic amines is 1. The number of halogens is 3. The summed E-state index contributed by atoms with van der Waals surface area (Å²) in [6.07, 6.45) is -4.56. The molecule has 182 valence electrons. The molecule has 0 unspecified atom stereocenters. The van der Waals surface area contributed by atoms with Crippen molar-refractivity contribution in [3.8, 4) is 0 Å². The summed E-state index contributed by atoms with van der Waals surface area (Å²) < 4.78 is 50.0. The number of nitrogens with zero attached hydrogens (tertiary/aromatic N) is 3. The largest absolute Gasteiger partial charge is 0.462 e. The smallest absolute Gasteiger partial charge is 0.435 e. The topological polar surface area (TPSA) is 109 Å². The summed E-state index contributed by atoms with van der Waals surface area (Å²) in [5.41, 5.74) is -0.644. The minimum Gasteiger partial charge on any atom is -0.462 e. The minimum atomic E-state index is -4.64. The van der Waals surface area contributed by atoms with Gasteiger partial charge in [-0.05, 0) is 26.7 Å². The summed E-state index contributed by atoms with van der Waals surface area (Å²) in [4.78, 5) is 37.5. The number of alkyl halides is 3. The SMILES string of the molecule is CCOC(=O)c1sc(N2CC[C@H](NC(=O)c3nc(C(F)(F)F)c(CC)[nH]3)[C@H](OC)C2)nc1C. The number of esters is 1. The lowest BCUT2D eigenvalue weighted by molar-refractivity contribution is -0.141. The van der Waals surface area contributed by atoms with Crippen molar-refractivity contribution in [3.05, 3.63) is 27.8 Å². The third-order valence-corrected chi connectivity index (χ3v) is 6.51. The van der Waals surface area contributed by atoms with Crippen LogP contribution < -0.4 is 10.2 Å². The Kier molecular flexibility index (Phi) is 7.62. The molecule has 1 saturated heterocycles. The molecule has 0 spiro atoms. The number of carbonyl (C=O) groups is 2. The lowest BCUT2D eigenvalue weighted by Crippen LogP contribution is -2.55. The number of rotatable bonds is 7. The Morgan fingerprint density at radius 3 is 2.61 bits per heavy atom. The van der Waals surface area contributed by atoms with Gasteiger partial charge in [0.1, 0.15) is 4.88 Å². The van der Waals surface area contributed by atoms with Crippen LogP contribution in [0.25, 0.3) is 0 Å². The van der Waals surface area contributed by atoms with Gasteiger partial charge in [-0.15, -0.1) is 0 Å². The summed E-state index contributed by atoms with van der Waals surface area (Å²) in [5, 5.41) is 3.37. The Bertz CT molecular complexity index is 1010. The van der Waals surface area contributed by atoms with Gasteiger partial charge in [-0.1, -0.05) is 18.3 Å². The number of hydrogen-bond acceptors (Lipinski definition) is 8. The molecular formula is C20H26F3N5O4S. The average Bonchev–Trinajstić information content (AvgIpc) is 3.38. The van der Waals surface area contributed by atoms with Gasteiger partial charge in [0.15, 0.2) is 16.6 Å². The van der Waals surface area contributed by atoms with Gasteiger partial charge >= 0.3 is 12.1 Å². The number of amides is 1. The molecule has 1 aliphatic rings. The number of methoxy groups -OCH3 is 1. The molecule has 0 saturated carbocycles. The maximum Gasteiger partial charge on any atom is 0.435 e. The van der Waals surface area contributed by atoms with E-state index >= 15 is 0 Å². The first-order chi connectivity index (χ1) is 15.6. The molecule has 0 aliphatic carbocycles. The van der Waals surface area contributed by atoms with E-state index in [1.165, 1.54) is 18.4 Å². The normalized spacial score (nSPS) is 18.9. The van der Waals surface area contributed by atoms with Crippen molar-refractivity contribution in [1.29, 1.82) is 0 Å². The summed E-state index contributed by atoms with van der Waals surface area (Å²) in [6.45, 7) is 6.16. The number of ether oxygens (including phenoxy) is 2. The molecule has 2 N–H and O–H groups in total. The highest BCUT2D eigenvalue weighted by Gasteiger charge is 2.38. The number of thiazole rings is 1. The molecular weight excluding hydrogens is 463 g/mol. The summed E-state index contributed by atoms with van der Waals surface area (Å²) in [6, 6.07) is -0.436. The highest BCUT2D eigenvalue weighted by Crippen LogP contribution is 2.31. The molecule has 0 radical (unpaired) electrons. The second-order valence-electron chi connectivity index (χ2n) is 7.48. The van der Waals surface area contributed by atoms with Crippen molar-refractivity contribution in [2.24, 2.45) is 0 Å². The van der Waals surface area contributed by atoms with Gasteiger partial charge in [-0.25, -0.2) is 14.8 Å². The van der Waals surface area contributed by atoms with E-state index in [0.29, 0.717) is 35.2 Å². The number of carbonyl (C=O) groups excluding carboxylic acids is 2. The standard InChI is InChI=1S/C20H26F3N5O4S/c1-5-11-15(20(21,22)23)27-16(25-11)17(29)26-12-7-8-28(9-13(12)31-4)19-24-10(3)14(33-19)18(30)32-6-2/h12-13H,5-9H2,1-4H3,(H,25,27)(H,26,29)/t12-,13+/m0/s1. The second-order valence-corrected chi connectivity index (χ2v) is 8.46. The van der Waals surface area contributed by atoms with Gasteiger partial charge in [0.25, 0.3) is 5.91 Å². The predicted octanol–water partition coefficient (Wildman–Crippen LogP) is 2.96. The molecule has 0 bridgehead atoms. The molecule has 0 aromatic carbocycles. The van der Waals surface area contributed by atoms with Gasteiger partial charge < -0.3 is 24.7 Å². The number of anilines is 1. The van der Waals surface area contributed by atoms with E-state index in [1.807, 2.05) is 4.90 Å². The fourth-order valence-corrected chi connectivity index (χ4v) is 4.64. The molecule has 2 aromatic heterocycles. The van der Waals surface area contributed by atoms with Crippen LogP contribution in [-0.4, -0.2) is 65.8 Å². The Morgan fingerprint density at radius 1 is 1.30 bits per heavy atom. The average molecular weight is 490 g/mol. The third-order valence-electron chi connectivity index (χ3n) is 5.31. The summed E-state index contributed by atoms with van der Waals surface area (Å²) >= 11 is 1.22. The van der Waals surface area contributed by atoms with Crippen LogP contribution in [-0.2, 0) is 22.1 Å². The van der Waals surface area contributed by atoms with E-state index in [4.69, 9.17) is 9.47 Å². The number of imidazole rings is 1. The zero-order chi connectivity index (χ0) is 24.3. The monoisotopic (exact) mass is 489 g/mol. The fraction of sp³-hybridized carbons (Fsp3) is 0.600. The quantitative estimate of drug-likeness (QED) is 0.576. The molecule has 33 heavy (non-hydrogen) atoms. The predicted molar refractivity (Wildman–Crippen MR) is 115 cm³/mol. The number of aromatic nitrogens is 3. The van der Waals surface area contributed by atoms with E-state index in [0.717, 1.165) is 0 Å².